The first-order valence-electron chi connectivity index (χ1n) is 5.64. The van der Waals surface area contributed by atoms with Gasteiger partial charge in [0.25, 0.3) is 0 Å². The summed E-state index contributed by atoms with van der Waals surface area (Å²) in [4.78, 5) is 7.05. The second-order valence-electron chi connectivity index (χ2n) is 3.73. The first-order chi connectivity index (χ1) is 7.88. The van der Waals surface area contributed by atoms with E-state index in [1.54, 1.807) is 6.33 Å². The second kappa shape index (κ2) is 5.51. The van der Waals surface area contributed by atoms with Gasteiger partial charge in [-0.25, -0.2) is 4.98 Å². The number of aromatic amines is 1. The van der Waals surface area contributed by atoms with Crippen molar-refractivity contribution in [2.75, 3.05) is 6.54 Å². The minimum absolute atomic E-state index is 0.786. The summed E-state index contributed by atoms with van der Waals surface area (Å²) in [5, 5.41) is 3.34. The van der Waals surface area contributed by atoms with Crippen LogP contribution in [0.15, 0.2) is 29.1 Å². The van der Waals surface area contributed by atoms with Gasteiger partial charge in [-0.05, 0) is 12.1 Å². The van der Waals surface area contributed by atoms with Crippen LogP contribution in [0.1, 0.15) is 24.1 Å². The summed E-state index contributed by atoms with van der Waals surface area (Å²) >= 11 is 0. The number of aryl methyl sites for hydroxylation is 1. The van der Waals surface area contributed by atoms with E-state index in [1.807, 2.05) is 18.3 Å². The number of aromatic nitrogens is 2. The number of furan rings is 1. The van der Waals surface area contributed by atoms with Crippen molar-refractivity contribution in [3.63, 3.8) is 0 Å². The van der Waals surface area contributed by atoms with Gasteiger partial charge in [0.05, 0.1) is 12.9 Å². The standard InChI is InChI=1S/C12H17N3O/c1-2-11-3-4-12(16-11)8-13-6-5-10-7-14-9-15-10/h3-4,7,9,13H,2,5-6,8H2,1H3,(H,14,15). The quantitative estimate of drug-likeness (QED) is 0.729. The van der Waals surface area contributed by atoms with Crippen LogP contribution in [0.5, 0.6) is 0 Å². The Morgan fingerprint density at radius 3 is 2.94 bits per heavy atom. The molecule has 0 bridgehead atoms. The smallest absolute Gasteiger partial charge is 0.117 e. The van der Waals surface area contributed by atoms with Crippen LogP contribution in [0.25, 0.3) is 0 Å². The molecule has 0 amide bonds. The van der Waals surface area contributed by atoms with E-state index >= 15 is 0 Å². The largest absolute Gasteiger partial charge is 0.465 e. The van der Waals surface area contributed by atoms with Gasteiger partial charge in [-0.15, -0.1) is 0 Å². The Morgan fingerprint density at radius 2 is 2.25 bits per heavy atom. The Bertz CT molecular complexity index is 406. The zero-order valence-electron chi connectivity index (χ0n) is 9.49. The van der Waals surface area contributed by atoms with Crippen LogP contribution < -0.4 is 5.32 Å². The molecule has 2 aromatic heterocycles. The maximum Gasteiger partial charge on any atom is 0.117 e. The Kier molecular flexibility index (Phi) is 3.77. The third-order valence-corrected chi connectivity index (χ3v) is 2.49. The number of hydrogen-bond acceptors (Lipinski definition) is 3. The maximum absolute atomic E-state index is 5.59. The predicted molar refractivity (Wildman–Crippen MR) is 62.1 cm³/mol. The van der Waals surface area contributed by atoms with Crippen molar-refractivity contribution in [2.45, 2.75) is 26.3 Å². The van der Waals surface area contributed by atoms with E-state index < -0.39 is 0 Å². The minimum Gasteiger partial charge on any atom is -0.465 e. The van der Waals surface area contributed by atoms with E-state index in [4.69, 9.17) is 4.42 Å². The number of imidazole rings is 1. The van der Waals surface area contributed by atoms with Gasteiger partial charge in [0.2, 0.25) is 0 Å². The topological polar surface area (TPSA) is 53.9 Å². The van der Waals surface area contributed by atoms with Crippen LogP contribution >= 0.6 is 0 Å². The first kappa shape index (κ1) is 11.0. The number of H-pyrrole nitrogens is 1. The summed E-state index contributed by atoms with van der Waals surface area (Å²) in [6.45, 7) is 3.80. The SMILES string of the molecule is CCc1ccc(CNCCc2cnc[nH]2)o1. The fourth-order valence-corrected chi connectivity index (χ4v) is 1.56. The summed E-state index contributed by atoms with van der Waals surface area (Å²) in [7, 11) is 0. The molecule has 4 heteroatoms. The summed E-state index contributed by atoms with van der Waals surface area (Å²) in [5.41, 5.74) is 1.15. The minimum atomic E-state index is 0.786. The average molecular weight is 219 g/mol. The summed E-state index contributed by atoms with van der Waals surface area (Å²) in [6.07, 6.45) is 5.47. The number of nitrogens with one attached hydrogen (secondary N) is 2. The van der Waals surface area contributed by atoms with E-state index in [-0.39, 0.29) is 0 Å². The zero-order valence-corrected chi connectivity index (χ0v) is 9.49. The average Bonchev–Trinajstić information content (AvgIpc) is 2.95. The highest BCUT2D eigenvalue weighted by atomic mass is 16.3. The molecule has 0 aromatic carbocycles. The summed E-state index contributed by atoms with van der Waals surface area (Å²) in [5.74, 6) is 2.05. The Balaban J connectivity index is 1.68. The first-order valence-corrected chi connectivity index (χ1v) is 5.64. The van der Waals surface area contributed by atoms with Crippen LogP contribution in [0, 0.1) is 0 Å². The monoisotopic (exact) mass is 219 g/mol. The van der Waals surface area contributed by atoms with E-state index in [2.05, 4.69) is 22.2 Å². The lowest BCUT2D eigenvalue weighted by Crippen LogP contribution is -2.16. The van der Waals surface area contributed by atoms with Crippen LogP contribution in [0.3, 0.4) is 0 Å². The molecule has 0 fully saturated rings. The summed E-state index contributed by atoms with van der Waals surface area (Å²) in [6, 6.07) is 4.06. The van der Waals surface area contributed by atoms with Gasteiger partial charge in [-0.1, -0.05) is 6.92 Å². The fraction of sp³-hybridized carbons (Fsp3) is 0.417. The molecule has 0 atom stereocenters. The van der Waals surface area contributed by atoms with Gasteiger partial charge in [-0.2, -0.15) is 0 Å². The zero-order chi connectivity index (χ0) is 11.2. The molecule has 16 heavy (non-hydrogen) atoms. The van der Waals surface area contributed by atoms with E-state index in [0.29, 0.717) is 0 Å². The number of hydrogen-bond donors (Lipinski definition) is 2. The molecule has 0 aliphatic rings. The third kappa shape index (κ3) is 2.97. The lowest BCUT2D eigenvalue weighted by Gasteiger charge is -2.00. The third-order valence-electron chi connectivity index (χ3n) is 2.49. The molecule has 0 saturated heterocycles. The molecular weight excluding hydrogens is 202 g/mol. The molecule has 0 unspecified atom stereocenters. The van der Waals surface area contributed by atoms with Gasteiger partial charge in [0.1, 0.15) is 11.5 Å². The Morgan fingerprint density at radius 1 is 1.38 bits per heavy atom. The lowest BCUT2D eigenvalue weighted by atomic mass is 10.3. The van der Waals surface area contributed by atoms with E-state index in [9.17, 15) is 0 Å². The van der Waals surface area contributed by atoms with E-state index in [1.165, 1.54) is 0 Å². The van der Waals surface area contributed by atoms with Crippen molar-refractivity contribution in [3.8, 4) is 0 Å². The molecule has 86 valence electrons. The molecule has 0 aliphatic heterocycles. The fourth-order valence-electron chi connectivity index (χ4n) is 1.56. The van der Waals surface area contributed by atoms with Crippen molar-refractivity contribution in [3.05, 3.63) is 41.9 Å². The normalized spacial score (nSPS) is 10.8. The molecule has 2 N–H and O–H groups in total. The van der Waals surface area contributed by atoms with E-state index in [0.717, 1.165) is 43.1 Å². The molecule has 2 rings (SSSR count). The molecule has 4 nitrogen and oxygen atoms in total. The number of rotatable bonds is 6. The van der Waals surface area contributed by atoms with Crippen molar-refractivity contribution in [1.82, 2.24) is 15.3 Å². The Hall–Kier alpha value is -1.55. The van der Waals surface area contributed by atoms with Crippen LogP contribution in [0.4, 0.5) is 0 Å². The second-order valence-corrected chi connectivity index (χ2v) is 3.73. The molecule has 0 radical (unpaired) electrons. The van der Waals surface area contributed by atoms with Crippen LogP contribution in [-0.4, -0.2) is 16.5 Å². The van der Waals surface area contributed by atoms with Crippen molar-refractivity contribution >= 4 is 0 Å². The van der Waals surface area contributed by atoms with Gasteiger partial charge < -0.3 is 14.7 Å². The molecule has 2 heterocycles. The van der Waals surface area contributed by atoms with Gasteiger partial charge >= 0.3 is 0 Å². The molecule has 0 spiro atoms. The molecule has 2 aromatic rings. The van der Waals surface area contributed by atoms with Gasteiger partial charge in [0, 0.05) is 31.3 Å². The van der Waals surface area contributed by atoms with Crippen molar-refractivity contribution in [2.24, 2.45) is 0 Å². The van der Waals surface area contributed by atoms with Gasteiger partial charge in [0.15, 0.2) is 0 Å². The lowest BCUT2D eigenvalue weighted by molar-refractivity contribution is 0.451. The van der Waals surface area contributed by atoms with Gasteiger partial charge in [-0.3, -0.25) is 0 Å². The highest BCUT2D eigenvalue weighted by Gasteiger charge is 1.99. The van der Waals surface area contributed by atoms with Crippen LogP contribution in [0.2, 0.25) is 0 Å². The van der Waals surface area contributed by atoms with Crippen LogP contribution in [-0.2, 0) is 19.4 Å². The van der Waals surface area contributed by atoms with Crippen molar-refractivity contribution < 1.29 is 4.42 Å². The molecule has 0 aliphatic carbocycles. The maximum atomic E-state index is 5.59. The Labute approximate surface area is 95.1 Å². The number of nitrogens with zero attached hydrogens (tertiary/aromatic N) is 1. The highest BCUT2D eigenvalue weighted by Crippen LogP contribution is 2.07. The molecular formula is C12H17N3O. The van der Waals surface area contributed by atoms with Crippen molar-refractivity contribution in [1.29, 1.82) is 0 Å². The highest BCUT2D eigenvalue weighted by molar-refractivity contribution is 5.06. The predicted octanol–water partition coefficient (Wildman–Crippen LogP) is 1.90. The molecule has 0 saturated carbocycles. The summed E-state index contributed by atoms with van der Waals surface area (Å²) < 4.78 is 5.59.